The van der Waals surface area contributed by atoms with Crippen LogP contribution in [0.2, 0.25) is 0 Å². The van der Waals surface area contributed by atoms with E-state index in [0.29, 0.717) is 11.5 Å². The van der Waals surface area contributed by atoms with Gasteiger partial charge in [-0.3, -0.25) is 0 Å². The van der Waals surface area contributed by atoms with Crippen molar-refractivity contribution in [3.05, 3.63) is 29.6 Å². The molecule has 0 saturated heterocycles. The van der Waals surface area contributed by atoms with Gasteiger partial charge in [-0.05, 0) is 18.1 Å². The summed E-state index contributed by atoms with van der Waals surface area (Å²) in [5.74, 6) is 0.162. The second kappa shape index (κ2) is 5.12. The summed E-state index contributed by atoms with van der Waals surface area (Å²) in [7, 11) is 1.91. The third kappa shape index (κ3) is 2.93. The highest BCUT2D eigenvalue weighted by atomic mass is 19.1. The summed E-state index contributed by atoms with van der Waals surface area (Å²) in [6.07, 6.45) is 0. The quantitative estimate of drug-likeness (QED) is 0.826. The monoisotopic (exact) mass is 211 g/mol. The molecule has 1 N–H and O–H groups in total. The molecule has 3 heteroatoms. The van der Waals surface area contributed by atoms with E-state index in [2.05, 4.69) is 13.8 Å². The van der Waals surface area contributed by atoms with Crippen molar-refractivity contribution in [3.8, 4) is 0 Å². The fraction of sp³-hybridized carbons (Fsp3) is 0.500. The normalized spacial score (nSPS) is 10.8. The van der Waals surface area contributed by atoms with Crippen molar-refractivity contribution in [2.24, 2.45) is 5.92 Å². The van der Waals surface area contributed by atoms with Crippen molar-refractivity contribution in [1.29, 1.82) is 0 Å². The predicted octanol–water partition coefficient (Wildman–Crippen LogP) is 2.41. The Morgan fingerprint density at radius 1 is 1.40 bits per heavy atom. The third-order valence-corrected chi connectivity index (χ3v) is 2.30. The van der Waals surface area contributed by atoms with Crippen LogP contribution in [0.1, 0.15) is 19.4 Å². The Kier molecular flexibility index (Phi) is 4.09. The Labute approximate surface area is 90.3 Å². The highest BCUT2D eigenvalue weighted by Crippen LogP contribution is 2.22. The topological polar surface area (TPSA) is 23.5 Å². The molecule has 1 aromatic carbocycles. The van der Waals surface area contributed by atoms with E-state index in [-0.39, 0.29) is 12.4 Å². The van der Waals surface area contributed by atoms with E-state index < -0.39 is 0 Å². The Balaban J connectivity index is 2.97. The summed E-state index contributed by atoms with van der Waals surface area (Å²) in [4.78, 5) is 1.97. The van der Waals surface area contributed by atoms with Gasteiger partial charge in [0.15, 0.2) is 0 Å². The highest BCUT2D eigenvalue weighted by molar-refractivity contribution is 5.53. The van der Waals surface area contributed by atoms with E-state index in [1.54, 1.807) is 6.07 Å². The maximum Gasteiger partial charge on any atom is 0.130 e. The molecule has 0 bridgehead atoms. The number of hydrogen-bond donors (Lipinski definition) is 1. The van der Waals surface area contributed by atoms with Crippen LogP contribution in [0, 0.1) is 11.7 Å². The molecule has 0 atom stereocenters. The first-order valence-corrected chi connectivity index (χ1v) is 5.15. The molecule has 15 heavy (non-hydrogen) atoms. The number of benzene rings is 1. The van der Waals surface area contributed by atoms with Crippen molar-refractivity contribution in [1.82, 2.24) is 0 Å². The third-order valence-electron chi connectivity index (χ3n) is 2.30. The van der Waals surface area contributed by atoms with Crippen molar-refractivity contribution in [2.45, 2.75) is 20.5 Å². The number of aliphatic hydroxyl groups excluding tert-OH is 1. The Hall–Kier alpha value is -1.09. The van der Waals surface area contributed by atoms with E-state index in [4.69, 9.17) is 5.11 Å². The van der Waals surface area contributed by atoms with Crippen LogP contribution in [-0.4, -0.2) is 18.7 Å². The molecule has 0 saturated carbocycles. The molecule has 0 aliphatic carbocycles. The maximum atomic E-state index is 13.4. The molecule has 0 aromatic heterocycles. The number of rotatable bonds is 4. The molecular weight excluding hydrogens is 193 g/mol. The average Bonchev–Trinajstić information content (AvgIpc) is 2.16. The lowest BCUT2D eigenvalue weighted by atomic mass is 10.1. The zero-order valence-electron chi connectivity index (χ0n) is 9.50. The summed E-state index contributed by atoms with van der Waals surface area (Å²) < 4.78 is 13.4. The van der Waals surface area contributed by atoms with Gasteiger partial charge in [0.05, 0.1) is 6.61 Å². The summed E-state index contributed by atoms with van der Waals surface area (Å²) in [6, 6.07) is 4.87. The van der Waals surface area contributed by atoms with Crippen molar-refractivity contribution in [3.63, 3.8) is 0 Å². The zero-order chi connectivity index (χ0) is 11.4. The fourth-order valence-corrected chi connectivity index (χ4v) is 1.71. The summed E-state index contributed by atoms with van der Waals surface area (Å²) in [5, 5.41) is 9.12. The number of anilines is 1. The van der Waals surface area contributed by atoms with E-state index in [1.165, 1.54) is 6.07 Å². The Bertz CT molecular complexity index is 325. The number of nitrogens with zero attached hydrogens (tertiary/aromatic N) is 1. The van der Waals surface area contributed by atoms with E-state index in [0.717, 1.165) is 12.2 Å². The zero-order valence-corrected chi connectivity index (χ0v) is 9.50. The number of hydrogen-bond acceptors (Lipinski definition) is 2. The van der Waals surface area contributed by atoms with Crippen molar-refractivity contribution < 1.29 is 9.50 Å². The first kappa shape index (κ1) is 12.0. The highest BCUT2D eigenvalue weighted by Gasteiger charge is 2.11. The molecule has 1 rings (SSSR count). The van der Waals surface area contributed by atoms with Crippen LogP contribution in [0.25, 0.3) is 0 Å². The first-order chi connectivity index (χ1) is 7.06. The minimum Gasteiger partial charge on any atom is -0.391 e. The van der Waals surface area contributed by atoms with Gasteiger partial charge in [-0.2, -0.15) is 0 Å². The van der Waals surface area contributed by atoms with Gasteiger partial charge >= 0.3 is 0 Å². The molecule has 0 spiro atoms. The SMILES string of the molecule is CC(C)CN(C)c1cccc(F)c1CO. The van der Waals surface area contributed by atoms with Gasteiger partial charge in [-0.1, -0.05) is 19.9 Å². The second-order valence-corrected chi connectivity index (χ2v) is 4.17. The lowest BCUT2D eigenvalue weighted by molar-refractivity contribution is 0.276. The Morgan fingerprint density at radius 3 is 2.60 bits per heavy atom. The summed E-state index contributed by atoms with van der Waals surface area (Å²) >= 11 is 0. The second-order valence-electron chi connectivity index (χ2n) is 4.17. The first-order valence-electron chi connectivity index (χ1n) is 5.15. The van der Waals surface area contributed by atoms with E-state index >= 15 is 0 Å². The van der Waals surface area contributed by atoms with Crippen molar-refractivity contribution >= 4 is 5.69 Å². The molecule has 0 heterocycles. The molecule has 0 radical (unpaired) electrons. The number of aliphatic hydroxyl groups is 1. The fourth-order valence-electron chi connectivity index (χ4n) is 1.71. The molecule has 0 aliphatic rings. The predicted molar refractivity (Wildman–Crippen MR) is 60.4 cm³/mol. The van der Waals surface area contributed by atoms with Crippen LogP contribution < -0.4 is 4.90 Å². The van der Waals surface area contributed by atoms with Gasteiger partial charge in [-0.15, -0.1) is 0 Å². The van der Waals surface area contributed by atoms with Crippen LogP contribution in [0.15, 0.2) is 18.2 Å². The number of halogens is 1. The van der Waals surface area contributed by atoms with Crippen LogP contribution in [0.5, 0.6) is 0 Å². The molecule has 0 fully saturated rings. The molecule has 0 amide bonds. The summed E-state index contributed by atoms with van der Waals surface area (Å²) in [5.41, 5.74) is 1.15. The minimum absolute atomic E-state index is 0.259. The molecule has 84 valence electrons. The van der Waals surface area contributed by atoms with E-state index in [9.17, 15) is 4.39 Å². The van der Waals surface area contributed by atoms with Crippen LogP contribution in [0.3, 0.4) is 0 Å². The van der Waals surface area contributed by atoms with Crippen LogP contribution in [0.4, 0.5) is 10.1 Å². The largest absolute Gasteiger partial charge is 0.391 e. The molecule has 0 unspecified atom stereocenters. The minimum atomic E-state index is -0.342. The van der Waals surface area contributed by atoms with Gasteiger partial charge in [-0.25, -0.2) is 4.39 Å². The maximum absolute atomic E-state index is 13.4. The standard InChI is InChI=1S/C12H18FNO/c1-9(2)7-14(3)12-6-4-5-11(13)10(12)8-15/h4-6,9,15H,7-8H2,1-3H3. The Morgan fingerprint density at radius 2 is 2.07 bits per heavy atom. The van der Waals surface area contributed by atoms with E-state index in [1.807, 2.05) is 18.0 Å². The van der Waals surface area contributed by atoms with Gasteiger partial charge in [0.25, 0.3) is 0 Å². The summed E-state index contributed by atoms with van der Waals surface area (Å²) in [6.45, 7) is 4.80. The molecule has 2 nitrogen and oxygen atoms in total. The molecular formula is C12H18FNO. The van der Waals surface area contributed by atoms with Gasteiger partial charge in [0.1, 0.15) is 5.82 Å². The van der Waals surface area contributed by atoms with Gasteiger partial charge < -0.3 is 10.0 Å². The lowest BCUT2D eigenvalue weighted by Crippen LogP contribution is -2.24. The van der Waals surface area contributed by atoms with Crippen LogP contribution in [-0.2, 0) is 6.61 Å². The average molecular weight is 211 g/mol. The van der Waals surface area contributed by atoms with Gasteiger partial charge in [0.2, 0.25) is 0 Å². The molecule has 0 aliphatic heterocycles. The molecule has 1 aromatic rings. The van der Waals surface area contributed by atoms with Crippen molar-refractivity contribution in [2.75, 3.05) is 18.5 Å². The lowest BCUT2D eigenvalue weighted by Gasteiger charge is -2.24. The smallest absolute Gasteiger partial charge is 0.130 e. The van der Waals surface area contributed by atoms with Crippen LogP contribution >= 0.6 is 0 Å². The van der Waals surface area contributed by atoms with Gasteiger partial charge in [0, 0.05) is 24.8 Å².